The Morgan fingerprint density at radius 3 is 2.42 bits per heavy atom. The third-order valence-corrected chi connectivity index (χ3v) is 1.64. The number of methoxy groups -OCH3 is 2. The van der Waals surface area contributed by atoms with Gasteiger partial charge < -0.3 is 14.8 Å². The van der Waals surface area contributed by atoms with Gasteiger partial charge in [-0.1, -0.05) is 6.92 Å². The largest absolute Gasteiger partial charge is 0.468 e. The Labute approximate surface area is 73.2 Å². The van der Waals surface area contributed by atoms with E-state index >= 15 is 0 Å². The monoisotopic (exact) mass is 175 g/mol. The van der Waals surface area contributed by atoms with Crippen molar-refractivity contribution in [1.82, 2.24) is 5.32 Å². The molecule has 0 saturated heterocycles. The van der Waals surface area contributed by atoms with Crippen LogP contribution in [-0.4, -0.2) is 38.9 Å². The van der Waals surface area contributed by atoms with Gasteiger partial charge in [0.05, 0.1) is 13.7 Å². The Morgan fingerprint density at radius 2 is 2.08 bits per heavy atom. The van der Waals surface area contributed by atoms with Crippen molar-refractivity contribution in [2.75, 3.05) is 27.4 Å². The topological polar surface area (TPSA) is 47.6 Å². The van der Waals surface area contributed by atoms with E-state index in [9.17, 15) is 4.79 Å². The number of hydrogen-bond donors (Lipinski definition) is 1. The summed E-state index contributed by atoms with van der Waals surface area (Å²) in [7, 11) is 2.92. The number of carbonyl (C=O) groups is 1. The summed E-state index contributed by atoms with van der Waals surface area (Å²) in [5.74, 6) is -0.300. The van der Waals surface area contributed by atoms with E-state index in [2.05, 4.69) is 10.1 Å². The van der Waals surface area contributed by atoms with Crippen molar-refractivity contribution >= 4 is 5.97 Å². The maximum Gasteiger partial charge on any atom is 0.328 e. The van der Waals surface area contributed by atoms with E-state index in [4.69, 9.17) is 4.74 Å². The Hall–Kier alpha value is -0.610. The molecule has 1 N–H and O–H groups in total. The summed E-state index contributed by atoms with van der Waals surface area (Å²) in [6, 6.07) is 0. The lowest BCUT2D eigenvalue weighted by Gasteiger charge is -2.26. The molecule has 0 rings (SSSR count). The molecule has 12 heavy (non-hydrogen) atoms. The van der Waals surface area contributed by atoms with Crippen LogP contribution < -0.4 is 5.32 Å². The standard InChI is InChI=1S/C8H17NO3/c1-5-9-8(2,6-11-3)7(10)12-4/h9H,5-6H2,1-4H3. The molecule has 0 amide bonds. The lowest BCUT2D eigenvalue weighted by molar-refractivity contribution is -0.150. The Morgan fingerprint density at radius 1 is 1.50 bits per heavy atom. The third-order valence-electron chi connectivity index (χ3n) is 1.64. The highest BCUT2D eigenvalue weighted by Gasteiger charge is 2.33. The summed E-state index contributed by atoms with van der Waals surface area (Å²) in [4.78, 5) is 11.2. The predicted octanol–water partition coefficient (Wildman–Crippen LogP) is 0.174. The van der Waals surface area contributed by atoms with Crippen LogP contribution in [0.3, 0.4) is 0 Å². The number of ether oxygens (including phenoxy) is 2. The first-order valence-electron chi connectivity index (χ1n) is 3.93. The van der Waals surface area contributed by atoms with Crippen molar-refractivity contribution in [2.24, 2.45) is 0 Å². The van der Waals surface area contributed by atoms with Crippen LogP contribution in [0, 0.1) is 0 Å². The molecule has 0 aliphatic rings. The molecule has 0 spiro atoms. The number of rotatable bonds is 5. The zero-order valence-electron chi connectivity index (χ0n) is 8.14. The van der Waals surface area contributed by atoms with E-state index in [1.165, 1.54) is 7.11 Å². The fraction of sp³-hybridized carbons (Fsp3) is 0.875. The van der Waals surface area contributed by atoms with Crippen LogP contribution in [0.1, 0.15) is 13.8 Å². The van der Waals surface area contributed by atoms with Crippen molar-refractivity contribution in [3.63, 3.8) is 0 Å². The SMILES string of the molecule is CCNC(C)(COC)C(=O)OC. The molecule has 0 aromatic rings. The molecule has 0 saturated carbocycles. The zero-order chi connectivity index (χ0) is 9.61. The van der Waals surface area contributed by atoms with Crippen molar-refractivity contribution < 1.29 is 14.3 Å². The van der Waals surface area contributed by atoms with Gasteiger partial charge in [0, 0.05) is 7.11 Å². The molecule has 4 heteroatoms. The van der Waals surface area contributed by atoms with Gasteiger partial charge in [0.2, 0.25) is 0 Å². The molecule has 0 aromatic carbocycles. The van der Waals surface area contributed by atoms with Crippen LogP contribution in [0.15, 0.2) is 0 Å². The van der Waals surface area contributed by atoms with Gasteiger partial charge in [-0.2, -0.15) is 0 Å². The molecule has 1 atom stereocenters. The molecule has 72 valence electrons. The molecule has 4 nitrogen and oxygen atoms in total. The molecular formula is C8H17NO3. The van der Waals surface area contributed by atoms with E-state index in [0.717, 1.165) is 0 Å². The average Bonchev–Trinajstić information content (AvgIpc) is 2.04. The molecule has 0 bridgehead atoms. The van der Waals surface area contributed by atoms with Crippen LogP contribution in [0.5, 0.6) is 0 Å². The zero-order valence-corrected chi connectivity index (χ0v) is 8.14. The molecular weight excluding hydrogens is 158 g/mol. The first-order valence-corrected chi connectivity index (χ1v) is 3.93. The van der Waals surface area contributed by atoms with Crippen molar-refractivity contribution in [3.8, 4) is 0 Å². The highest BCUT2D eigenvalue weighted by molar-refractivity contribution is 5.80. The average molecular weight is 175 g/mol. The molecule has 1 unspecified atom stereocenters. The number of esters is 1. The summed E-state index contributed by atoms with van der Waals surface area (Å²) in [6.45, 7) is 4.70. The normalized spacial score (nSPS) is 15.3. The second-order valence-electron chi connectivity index (χ2n) is 2.79. The Kier molecular flexibility index (Phi) is 4.85. The summed E-state index contributed by atoms with van der Waals surface area (Å²) in [5.41, 5.74) is -0.724. The maximum absolute atomic E-state index is 11.2. The van der Waals surface area contributed by atoms with Gasteiger partial charge in [-0.25, -0.2) is 4.79 Å². The van der Waals surface area contributed by atoms with Gasteiger partial charge in [-0.15, -0.1) is 0 Å². The second kappa shape index (κ2) is 5.11. The van der Waals surface area contributed by atoms with E-state index in [0.29, 0.717) is 13.2 Å². The lowest BCUT2D eigenvalue weighted by Crippen LogP contribution is -2.53. The van der Waals surface area contributed by atoms with Crippen molar-refractivity contribution in [2.45, 2.75) is 19.4 Å². The van der Waals surface area contributed by atoms with Gasteiger partial charge in [0.25, 0.3) is 0 Å². The summed E-state index contributed by atoms with van der Waals surface area (Å²) >= 11 is 0. The van der Waals surface area contributed by atoms with Crippen LogP contribution in [0.25, 0.3) is 0 Å². The van der Waals surface area contributed by atoms with Gasteiger partial charge in [0.1, 0.15) is 5.54 Å². The first-order chi connectivity index (χ1) is 5.60. The molecule has 0 fully saturated rings. The second-order valence-corrected chi connectivity index (χ2v) is 2.79. The number of hydrogen-bond acceptors (Lipinski definition) is 4. The molecule has 0 aromatic heterocycles. The smallest absolute Gasteiger partial charge is 0.328 e. The van der Waals surface area contributed by atoms with Crippen LogP contribution in [0.4, 0.5) is 0 Å². The van der Waals surface area contributed by atoms with E-state index in [1.807, 2.05) is 6.92 Å². The van der Waals surface area contributed by atoms with Gasteiger partial charge in [-0.3, -0.25) is 0 Å². The fourth-order valence-electron chi connectivity index (χ4n) is 1.09. The molecule has 0 aliphatic heterocycles. The highest BCUT2D eigenvalue weighted by Crippen LogP contribution is 2.05. The number of likely N-dealkylation sites (N-methyl/N-ethyl adjacent to an activating group) is 1. The third kappa shape index (κ3) is 2.79. The van der Waals surface area contributed by atoms with Crippen molar-refractivity contribution in [3.05, 3.63) is 0 Å². The quantitative estimate of drug-likeness (QED) is 0.605. The molecule has 0 radical (unpaired) electrons. The molecule has 0 aliphatic carbocycles. The van der Waals surface area contributed by atoms with Gasteiger partial charge in [0.15, 0.2) is 0 Å². The number of carbonyl (C=O) groups excluding carboxylic acids is 1. The minimum atomic E-state index is -0.724. The lowest BCUT2D eigenvalue weighted by atomic mass is 10.0. The Balaban J connectivity index is 4.26. The fourth-order valence-corrected chi connectivity index (χ4v) is 1.09. The van der Waals surface area contributed by atoms with Crippen molar-refractivity contribution in [1.29, 1.82) is 0 Å². The maximum atomic E-state index is 11.2. The number of nitrogens with one attached hydrogen (secondary N) is 1. The first kappa shape index (κ1) is 11.4. The van der Waals surface area contributed by atoms with E-state index in [-0.39, 0.29) is 5.97 Å². The summed E-state index contributed by atoms with van der Waals surface area (Å²) in [5, 5.41) is 3.01. The minimum absolute atomic E-state index is 0.300. The Bertz CT molecular complexity index is 141. The van der Waals surface area contributed by atoms with Crippen LogP contribution in [-0.2, 0) is 14.3 Å². The highest BCUT2D eigenvalue weighted by atomic mass is 16.5. The van der Waals surface area contributed by atoms with Crippen LogP contribution in [0.2, 0.25) is 0 Å². The summed E-state index contributed by atoms with van der Waals surface area (Å²) < 4.78 is 9.56. The van der Waals surface area contributed by atoms with Gasteiger partial charge in [-0.05, 0) is 13.5 Å². The van der Waals surface area contributed by atoms with E-state index < -0.39 is 5.54 Å². The van der Waals surface area contributed by atoms with Crippen LogP contribution >= 0.6 is 0 Å². The predicted molar refractivity (Wildman–Crippen MR) is 46.0 cm³/mol. The minimum Gasteiger partial charge on any atom is -0.468 e. The molecule has 0 heterocycles. The summed E-state index contributed by atoms with van der Waals surface area (Å²) in [6.07, 6.45) is 0. The van der Waals surface area contributed by atoms with E-state index in [1.54, 1.807) is 14.0 Å². The van der Waals surface area contributed by atoms with Gasteiger partial charge >= 0.3 is 5.97 Å².